The van der Waals surface area contributed by atoms with Crippen LogP contribution in [-0.4, -0.2) is 69.5 Å². The highest BCUT2D eigenvalue weighted by Crippen LogP contribution is 2.34. The van der Waals surface area contributed by atoms with Crippen LogP contribution in [0.5, 0.6) is 0 Å². The molecule has 2 aliphatic rings. The van der Waals surface area contributed by atoms with Crippen LogP contribution in [0.1, 0.15) is 34.8 Å². The van der Waals surface area contributed by atoms with Gasteiger partial charge >= 0.3 is 12.1 Å². The molecule has 40 heavy (non-hydrogen) atoms. The molecule has 1 saturated heterocycles. The van der Waals surface area contributed by atoms with E-state index in [-0.39, 0.29) is 17.5 Å². The Morgan fingerprint density at radius 1 is 1.35 bits per heavy atom. The molecular weight excluding hydrogens is 569 g/mol. The smallest absolute Gasteiger partial charge is 0.475 e. The van der Waals surface area contributed by atoms with Crippen LogP contribution in [0.25, 0.3) is 0 Å². The fourth-order valence-corrected chi connectivity index (χ4v) is 5.55. The number of thiazole rings is 1. The molecule has 0 bridgehead atoms. The number of aromatic amines is 1. The van der Waals surface area contributed by atoms with Gasteiger partial charge in [0.05, 0.1) is 24.9 Å². The summed E-state index contributed by atoms with van der Waals surface area (Å²) in [5.41, 5.74) is 2.78. The van der Waals surface area contributed by atoms with Crippen LogP contribution in [0.3, 0.4) is 0 Å². The quantitative estimate of drug-likeness (QED) is 0.315. The van der Waals surface area contributed by atoms with E-state index in [0.717, 1.165) is 46.6 Å². The molecule has 214 valence electrons. The molecule has 15 heteroatoms. The number of anilines is 3. The lowest BCUT2D eigenvalue weighted by Crippen LogP contribution is -2.48. The SMILES string of the molecule is CC1(C)Cc2nc(N3CCOCC3Cc3cccc(Nc4ccnc(=S)[nH]4)c3)sc2C(=O)N1.O=C(O)C(F)(F)F. The molecule has 4 heterocycles. The Kier molecular flexibility index (Phi) is 8.75. The number of alkyl halides is 3. The second-order valence-corrected chi connectivity index (χ2v) is 11.2. The van der Waals surface area contributed by atoms with E-state index in [1.807, 2.05) is 32.0 Å². The number of carbonyl (C=O) groups is 2. The third-order valence-electron chi connectivity index (χ3n) is 6.02. The van der Waals surface area contributed by atoms with Gasteiger partial charge in [-0.25, -0.2) is 14.8 Å². The average Bonchev–Trinajstić information content (AvgIpc) is 3.27. The van der Waals surface area contributed by atoms with Crippen molar-refractivity contribution in [2.75, 3.05) is 30.0 Å². The molecule has 10 nitrogen and oxygen atoms in total. The molecule has 1 unspecified atom stereocenters. The number of amides is 1. The zero-order valence-electron chi connectivity index (χ0n) is 21.5. The minimum atomic E-state index is -5.08. The first-order valence-corrected chi connectivity index (χ1v) is 13.4. The van der Waals surface area contributed by atoms with Gasteiger partial charge in [0.2, 0.25) is 0 Å². The van der Waals surface area contributed by atoms with Gasteiger partial charge in [0.15, 0.2) is 9.90 Å². The van der Waals surface area contributed by atoms with Crippen molar-refractivity contribution in [3.8, 4) is 0 Å². The molecule has 0 aliphatic carbocycles. The molecular formula is C25H27F3N6O4S2. The minimum Gasteiger partial charge on any atom is -0.475 e. The highest BCUT2D eigenvalue weighted by Gasteiger charge is 2.38. The number of H-pyrrole nitrogens is 1. The number of carbonyl (C=O) groups excluding carboxylic acids is 1. The van der Waals surface area contributed by atoms with E-state index >= 15 is 0 Å². The molecule has 3 aromatic rings. The number of morpholine rings is 1. The van der Waals surface area contributed by atoms with Crippen LogP contribution in [0, 0.1) is 4.77 Å². The summed E-state index contributed by atoms with van der Waals surface area (Å²) < 4.78 is 38.0. The van der Waals surface area contributed by atoms with Crippen molar-refractivity contribution < 1.29 is 32.6 Å². The first kappa shape index (κ1) is 29.4. The van der Waals surface area contributed by atoms with Crippen molar-refractivity contribution in [1.29, 1.82) is 0 Å². The molecule has 5 rings (SSSR count). The highest BCUT2D eigenvalue weighted by atomic mass is 32.1. The topological polar surface area (TPSA) is 132 Å². The number of hydrogen-bond donors (Lipinski definition) is 4. The van der Waals surface area contributed by atoms with E-state index in [4.69, 9.17) is 31.8 Å². The number of rotatable bonds is 5. The summed E-state index contributed by atoms with van der Waals surface area (Å²) in [5, 5.41) is 14.5. The Hall–Kier alpha value is -3.56. The molecule has 1 aromatic carbocycles. The van der Waals surface area contributed by atoms with E-state index in [0.29, 0.717) is 18.0 Å². The molecule has 0 spiro atoms. The van der Waals surface area contributed by atoms with Crippen LogP contribution < -0.4 is 15.5 Å². The normalized spacial score (nSPS) is 18.2. The van der Waals surface area contributed by atoms with Crippen LogP contribution in [0.4, 0.5) is 29.8 Å². The Labute approximate surface area is 236 Å². The largest absolute Gasteiger partial charge is 0.490 e. The van der Waals surface area contributed by atoms with Crippen LogP contribution in [0.2, 0.25) is 0 Å². The number of nitrogens with zero attached hydrogens (tertiary/aromatic N) is 3. The van der Waals surface area contributed by atoms with E-state index in [1.165, 1.54) is 16.9 Å². The molecule has 0 radical (unpaired) electrons. The number of aliphatic carboxylic acids is 1. The van der Waals surface area contributed by atoms with Crippen molar-refractivity contribution in [3.05, 3.63) is 57.4 Å². The lowest BCUT2D eigenvalue weighted by atomic mass is 9.94. The second-order valence-electron chi connectivity index (χ2n) is 9.83. The molecule has 0 saturated carbocycles. The standard InChI is InChI=1S/C23H26N6O2S2.C2HF3O2/c1-23(2)12-17-19(20(30)28-23)33-22(26-17)29-8-9-31-13-16(29)11-14-4-3-5-15(10-14)25-18-6-7-24-21(32)27-18;3-2(4,5)1(6)7/h3-7,10,16H,8-9,11-13H2,1-2H3,(H,28,30)(H2,24,25,27,32);(H,6,7). The first-order valence-electron chi connectivity index (χ1n) is 12.2. The number of carboxylic acid groups (broad SMARTS) is 1. The zero-order valence-corrected chi connectivity index (χ0v) is 23.2. The summed E-state index contributed by atoms with van der Waals surface area (Å²) in [7, 11) is 0. The number of fused-ring (bicyclic) bond motifs is 1. The van der Waals surface area contributed by atoms with E-state index in [9.17, 15) is 18.0 Å². The molecule has 4 N–H and O–H groups in total. The van der Waals surface area contributed by atoms with E-state index < -0.39 is 12.1 Å². The molecule has 2 aromatic heterocycles. The van der Waals surface area contributed by atoms with Gasteiger partial charge in [0, 0.05) is 30.4 Å². The average molecular weight is 597 g/mol. The summed E-state index contributed by atoms with van der Waals surface area (Å²) >= 11 is 6.59. The Morgan fingerprint density at radius 3 is 2.80 bits per heavy atom. The zero-order chi connectivity index (χ0) is 29.1. The molecule has 2 aliphatic heterocycles. The predicted molar refractivity (Wildman–Crippen MR) is 146 cm³/mol. The number of aromatic nitrogens is 3. The summed E-state index contributed by atoms with van der Waals surface area (Å²) in [6.45, 7) is 6.10. The number of benzene rings is 1. The van der Waals surface area contributed by atoms with Crippen molar-refractivity contribution >= 4 is 52.1 Å². The van der Waals surface area contributed by atoms with E-state index in [1.54, 1.807) is 6.20 Å². The van der Waals surface area contributed by atoms with Crippen molar-refractivity contribution in [2.24, 2.45) is 0 Å². The Morgan fingerprint density at radius 2 is 2.10 bits per heavy atom. The predicted octanol–water partition coefficient (Wildman–Crippen LogP) is 4.48. The third kappa shape index (κ3) is 7.55. The lowest BCUT2D eigenvalue weighted by molar-refractivity contribution is -0.192. The monoisotopic (exact) mass is 596 g/mol. The number of carboxylic acids is 1. The Balaban J connectivity index is 0.000000470. The molecule has 1 amide bonds. The minimum absolute atomic E-state index is 0.0243. The van der Waals surface area contributed by atoms with Gasteiger partial charge < -0.3 is 30.4 Å². The maximum Gasteiger partial charge on any atom is 0.490 e. The van der Waals surface area contributed by atoms with Crippen LogP contribution in [-0.2, 0) is 22.4 Å². The number of nitrogens with one attached hydrogen (secondary N) is 3. The third-order valence-corrected chi connectivity index (χ3v) is 7.36. The second kappa shape index (κ2) is 11.9. The van der Waals surface area contributed by atoms with Crippen molar-refractivity contribution in [1.82, 2.24) is 20.3 Å². The van der Waals surface area contributed by atoms with Gasteiger partial charge in [0.25, 0.3) is 5.91 Å². The highest BCUT2D eigenvalue weighted by molar-refractivity contribution is 7.71. The maximum absolute atomic E-state index is 12.6. The van der Waals surface area contributed by atoms with Gasteiger partial charge in [-0.15, -0.1) is 0 Å². The summed E-state index contributed by atoms with van der Waals surface area (Å²) in [6, 6.07) is 10.3. The number of ether oxygens (including phenoxy) is 1. The van der Waals surface area contributed by atoms with Crippen molar-refractivity contribution in [2.45, 2.75) is 44.4 Å². The lowest BCUT2D eigenvalue weighted by Gasteiger charge is -2.35. The van der Waals surface area contributed by atoms with Gasteiger partial charge in [-0.2, -0.15) is 13.2 Å². The summed E-state index contributed by atoms with van der Waals surface area (Å²) in [6.07, 6.45) is -1.85. The summed E-state index contributed by atoms with van der Waals surface area (Å²) in [5.74, 6) is -1.99. The van der Waals surface area contributed by atoms with Crippen LogP contribution in [0.15, 0.2) is 36.5 Å². The fraction of sp³-hybridized carbons (Fsp3) is 0.400. The maximum atomic E-state index is 12.6. The van der Waals surface area contributed by atoms with E-state index in [2.05, 4.69) is 37.6 Å². The van der Waals surface area contributed by atoms with Gasteiger partial charge in [-0.1, -0.05) is 23.5 Å². The van der Waals surface area contributed by atoms with Gasteiger partial charge in [0.1, 0.15) is 10.7 Å². The molecule has 1 fully saturated rings. The van der Waals surface area contributed by atoms with Crippen molar-refractivity contribution in [3.63, 3.8) is 0 Å². The number of hydrogen-bond acceptors (Lipinski definition) is 9. The summed E-state index contributed by atoms with van der Waals surface area (Å²) in [4.78, 5) is 36.5. The van der Waals surface area contributed by atoms with Crippen LogP contribution >= 0.6 is 23.6 Å². The first-order chi connectivity index (χ1) is 18.8. The fourth-order valence-electron chi connectivity index (χ4n) is 4.31. The molecule has 1 atom stereocenters. The van der Waals surface area contributed by atoms with Gasteiger partial charge in [-0.3, -0.25) is 4.79 Å². The van der Waals surface area contributed by atoms with Gasteiger partial charge in [-0.05, 0) is 56.2 Å². The Bertz CT molecular complexity index is 1440. The number of halogens is 3.